The monoisotopic (exact) mass is 211 g/mol. The molecule has 1 nitrogen and oxygen atoms in total. The van der Waals surface area contributed by atoms with Crippen molar-refractivity contribution >= 4 is 11.9 Å². The molecule has 2 rings (SSSR count). The van der Waals surface area contributed by atoms with Gasteiger partial charge in [0.05, 0.1) is 0 Å². The van der Waals surface area contributed by atoms with Crippen molar-refractivity contribution in [3.63, 3.8) is 0 Å². The summed E-state index contributed by atoms with van der Waals surface area (Å²) in [5, 5.41) is 0. The summed E-state index contributed by atoms with van der Waals surface area (Å²) in [5.41, 5.74) is 0. The SMILES string of the molecule is Fc1cc(F)cc(Sn2cccc2)c1. The molecule has 0 aliphatic carbocycles. The van der Waals surface area contributed by atoms with E-state index in [9.17, 15) is 8.78 Å². The van der Waals surface area contributed by atoms with Gasteiger partial charge in [0.2, 0.25) is 0 Å². The highest BCUT2D eigenvalue weighted by molar-refractivity contribution is 7.97. The Morgan fingerprint density at radius 2 is 1.50 bits per heavy atom. The number of nitrogens with zero attached hydrogens (tertiary/aromatic N) is 1. The fourth-order valence-corrected chi connectivity index (χ4v) is 1.92. The highest BCUT2D eigenvalue weighted by Gasteiger charge is 2.01. The molecule has 0 N–H and O–H groups in total. The summed E-state index contributed by atoms with van der Waals surface area (Å²) in [6.07, 6.45) is 3.63. The molecule has 14 heavy (non-hydrogen) atoms. The van der Waals surface area contributed by atoms with Crippen LogP contribution < -0.4 is 0 Å². The van der Waals surface area contributed by atoms with Gasteiger partial charge in [-0.15, -0.1) is 0 Å². The Balaban J connectivity index is 2.25. The molecule has 0 bridgehead atoms. The Bertz CT molecular complexity index is 405. The quantitative estimate of drug-likeness (QED) is 0.737. The molecule has 0 saturated carbocycles. The Morgan fingerprint density at radius 1 is 0.929 bits per heavy atom. The molecule has 1 aromatic heterocycles. The second-order valence-corrected chi connectivity index (χ2v) is 3.81. The lowest BCUT2D eigenvalue weighted by atomic mass is 10.3. The van der Waals surface area contributed by atoms with Crippen molar-refractivity contribution in [1.29, 1.82) is 0 Å². The Hall–Kier alpha value is -1.29. The number of benzene rings is 1. The molecule has 0 amide bonds. The maximum Gasteiger partial charge on any atom is 0.127 e. The summed E-state index contributed by atoms with van der Waals surface area (Å²) in [4.78, 5) is 0.540. The summed E-state index contributed by atoms with van der Waals surface area (Å²) in [5.74, 6) is -1.11. The number of hydrogen-bond donors (Lipinski definition) is 0. The molecule has 0 fully saturated rings. The number of rotatable bonds is 2. The van der Waals surface area contributed by atoms with Crippen LogP contribution in [-0.4, -0.2) is 3.97 Å². The molecule has 72 valence electrons. The van der Waals surface area contributed by atoms with Crippen molar-refractivity contribution in [2.24, 2.45) is 0 Å². The van der Waals surface area contributed by atoms with Gasteiger partial charge in [-0.25, -0.2) is 8.78 Å². The fraction of sp³-hybridized carbons (Fsp3) is 0. The highest BCUT2D eigenvalue weighted by atomic mass is 32.2. The van der Waals surface area contributed by atoms with Crippen LogP contribution in [0.5, 0.6) is 0 Å². The number of halogens is 2. The fourth-order valence-electron chi connectivity index (χ4n) is 1.08. The molecule has 0 aliphatic rings. The molecule has 1 aromatic carbocycles. The van der Waals surface area contributed by atoms with E-state index >= 15 is 0 Å². The molecule has 0 radical (unpaired) electrons. The van der Waals surface area contributed by atoms with Crippen LogP contribution in [0.15, 0.2) is 47.6 Å². The van der Waals surface area contributed by atoms with Crippen molar-refractivity contribution in [3.8, 4) is 0 Å². The molecule has 1 heterocycles. The van der Waals surface area contributed by atoms with E-state index in [2.05, 4.69) is 0 Å². The van der Waals surface area contributed by atoms with Gasteiger partial charge in [0.25, 0.3) is 0 Å². The first-order valence-corrected chi connectivity index (χ1v) is 4.79. The maximum absolute atomic E-state index is 12.8. The summed E-state index contributed by atoms with van der Waals surface area (Å²) in [6.45, 7) is 0. The molecule has 0 atom stereocenters. The second kappa shape index (κ2) is 3.84. The Morgan fingerprint density at radius 3 is 2.07 bits per heavy atom. The van der Waals surface area contributed by atoms with E-state index in [-0.39, 0.29) is 0 Å². The van der Waals surface area contributed by atoms with Crippen LogP contribution in [0.2, 0.25) is 0 Å². The van der Waals surface area contributed by atoms with Crippen molar-refractivity contribution in [3.05, 3.63) is 54.4 Å². The molecule has 0 unspecified atom stereocenters. The molecule has 0 aliphatic heterocycles. The minimum atomic E-state index is -0.556. The largest absolute Gasteiger partial charge is 0.295 e. The maximum atomic E-state index is 12.8. The van der Waals surface area contributed by atoms with Crippen molar-refractivity contribution in [2.75, 3.05) is 0 Å². The lowest BCUT2D eigenvalue weighted by Crippen LogP contribution is -1.85. The third-order valence-corrected chi connectivity index (χ3v) is 2.52. The van der Waals surface area contributed by atoms with Gasteiger partial charge in [0.1, 0.15) is 11.6 Å². The minimum absolute atomic E-state index is 0.540. The van der Waals surface area contributed by atoms with Gasteiger partial charge in [-0.3, -0.25) is 3.97 Å². The van der Waals surface area contributed by atoms with E-state index in [1.807, 2.05) is 24.5 Å². The van der Waals surface area contributed by atoms with Crippen molar-refractivity contribution in [1.82, 2.24) is 3.97 Å². The zero-order valence-corrected chi connectivity index (χ0v) is 7.97. The van der Waals surface area contributed by atoms with Gasteiger partial charge < -0.3 is 0 Å². The summed E-state index contributed by atoms with van der Waals surface area (Å²) in [7, 11) is 0. The second-order valence-electron chi connectivity index (χ2n) is 2.74. The molecule has 4 heteroatoms. The minimum Gasteiger partial charge on any atom is -0.295 e. The van der Waals surface area contributed by atoms with E-state index < -0.39 is 11.6 Å². The first kappa shape index (κ1) is 9.27. The van der Waals surface area contributed by atoms with Crippen LogP contribution in [0.4, 0.5) is 8.78 Å². The normalized spacial score (nSPS) is 10.4. The average Bonchev–Trinajstić information content (AvgIpc) is 2.54. The molecular weight excluding hydrogens is 204 g/mol. The standard InChI is InChI=1S/C10H7F2NS/c11-8-5-9(12)7-10(6-8)14-13-3-1-2-4-13/h1-7H. The van der Waals surface area contributed by atoms with E-state index in [0.717, 1.165) is 6.07 Å². The zero-order valence-electron chi connectivity index (χ0n) is 7.15. The van der Waals surface area contributed by atoms with Crippen LogP contribution >= 0.6 is 11.9 Å². The van der Waals surface area contributed by atoms with Gasteiger partial charge >= 0.3 is 0 Å². The third-order valence-electron chi connectivity index (χ3n) is 1.62. The highest BCUT2D eigenvalue weighted by Crippen LogP contribution is 2.21. The first-order chi connectivity index (χ1) is 6.74. The predicted octanol–water partition coefficient (Wildman–Crippen LogP) is 3.32. The van der Waals surface area contributed by atoms with Crippen LogP contribution in [0.1, 0.15) is 0 Å². The lowest BCUT2D eigenvalue weighted by molar-refractivity contribution is 0.577. The third kappa shape index (κ3) is 2.14. The van der Waals surface area contributed by atoms with E-state index in [0.29, 0.717) is 4.90 Å². The van der Waals surface area contributed by atoms with Crippen molar-refractivity contribution < 1.29 is 8.78 Å². The summed E-state index contributed by atoms with van der Waals surface area (Å²) in [6, 6.07) is 7.16. The van der Waals surface area contributed by atoms with Crippen LogP contribution in [0, 0.1) is 11.6 Å². The Labute approximate surface area is 84.5 Å². The topological polar surface area (TPSA) is 4.93 Å². The van der Waals surface area contributed by atoms with Crippen LogP contribution in [0.3, 0.4) is 0 Å². The van der Waals surface area contributed by atoms with Gasteiger partial charge in [-0.1, -0.05) is 0 Å². The molecule has 0 saturated heterocycles. The van der Waals surface area contributed by atoms with Gasteiger partial charge in [-0.2, -0.15) is 0 Å². The summed E-state index contributed by atoms with van der Waals surface area (Å²) < 4.78 is 27.4. The summed E-state index contributed by atoms with van der Waals surface area (Å²) >= 11 is 1.26. The lowest BCUT2D eigenvalue weighted by Gasteiger charge is -2.01. The van der Waals surface area contributed by atoms with Crippen LogP contribution in [0.25, 0.3) is 0 Å². The van der Waals surface area contributed by atoms with Gasteiger partial charge in [-0.05, 0) is 36.2 Å². The zero-order chi connectivity index (χ0) is 9.97. The van der Waals surface area contributed by atoms with E-state index in [1.165, 1.54) is 24.1 Å². The molecule has 0 spiro atoms. The number of aromatic nitrogens is 1. The average molecular weight is 211 g/mol. The van der Waals surface area contributed by atoms with Gasteiger partial charge in [0, 0.05) is 23.4 Å². The van der Waals surface area contributed by atoms with Crippen molar-refractivity contribution in [2.45, 2.75) is 4.90 Å². The molecular formula is C10H7F2NS. The Kier molecular flexibility index (Phi) is 2.54. The van der Waals surface area contributed by atoms with Crippen LogP contribution in [-0.2, 0) is 0 Å². The number of hydrogen-bond acceptors (Lipinski definition) is 1. The first-order valence-electron chi connectivity index (χ1n) is 4.01. The predicted molar refractivity (Wildman–Crippen MR) is 52.0 cm³/mol. The molecule has 2 aromatic rings. The van der Waals surface area contributed by atoms with E-state index in [4.69, 9.17) is 0 Å². The van der Waals surface area contributed by atoms with E-state index in [1.54, 1.807) is 3.97 Å². The smallest absolute Gasteiger partial charge is 0.127 e. The van der Waals surface area contributed by atoms with Gasteiger partial charge in [0.15, 0.2) is 0 Å².